The zero-order valence-electron chi connectivity index (χ0n) is 8.21. The molecule has 1 heterocycles. The zero-order valence-corrected chi connectivity index (χ0v) is 8.21. The third-order valence-electron chi connectivity index (χ3n) is 2.37. The predicted octanol–water partition coefficient (Wildman–Crippen LogP) is 2.58. The molecule has 0 N–H and O–H groups in total. The monoisotopic (exact) mass is 172 g/mol. The molecule has 2 nitrogen and oxygen atoms in total. The third kappa shape index (κ3) is 3.55. The van der Waals surface area contributed by atoms with Gasteiger partial charge in [0.15, 0.2) is 6.29 Å². The fourth-order valence-corrected chi connectivity index (χ4v) is 1.63. The van der Waals surface area contributed by atoms with Crippen LogP contribution in [0.3, 0.4) is 0 Å². The Kier molecular flexibility index (Phi) is 4.62. The van der Waals surface area contributed by atoms with E-state index in [0.29, 0.717) is 0 Å². The van der Waals surface area contributed by atoms with E-state index in [0.717, 1.165) is 25.6 Å². The predicted molar refractivity (Wildman–Crippen MR) is 49.0 cm³/mol. The van der Waals surface area contributed by atoms with E-state index in [1.165, 1.54) is 19.3 Å². The van der Waals surface area contributed by atoms with Gasteiger partial charge in [0, 0.05) is 0 Å². The molecular formula is C10H20O2. The Hall–Kier alpha value is -0.0800. The summed E-state index contributed by atoms with van der Waals surface area (Å²) in [5.41, 5.74) is 0. The highest BCUT2D eigenvalue weighted by atomic mass is 16.7. The second-order valence-electron chi connectivity index (χ2n) is 3.64. The summed E-state index contributed by atoms with van der Waals surface area (Å²) in [5.74, 6) is 0.822. The lowest BCUT2D eigenvalue weighted by atomic mass is 10.0. The molecule has 1 saturated heterocycles. The quantitative estimate of drug-likeness (QED) is 0.634. The molecular weight excluding hydrogens is 152 g/mol. The first-order valence-corrected chi connectivity index (χ1v) is 5.06. The molecule has 0 aromatic heterocycles. The molecule has 0 aromatic rings. The van der Waals surface area contributed by atoms with E-state index < -0.39 is 0 Å². The van der Waals surface area contributed by atoms with Gasteiger partial charge in [-0.3, -0.25) is 0 Å². The molecule has 1 rings (SSSR count). The standard InChI is InChI=1S/C10H20O2/c1-3-4-9(2)5-6-10-11-7-8-12-10/h9-10H,3-8H2,1-2H3. The molecule has 0 aromatic carbocycles. The van der Waals surface area contributed by atoms with Crippen LogP contribution >= 0.6 is 0 Å². The summed E-state index contributed by atoms with van der Waals surface area (Å²) < 4.78 is 10.7. The summed E-state index contributed by atoms with van der Waals surface area (Å²) >= 11 is 0. The number of rotatable bonds is 5. The lowest BCUT2D eigenvalue weighted by Gasteiger charge is -2.12. The third-order valence-corrected chi connectivity index (χ3v) is 2.37. The SMILES string of the molecule is CCCC(C)CCC1OCCO1. The summed E-state index contributed by atoms with van der Waals surface area (Å²) in [7, 11) is 0. The van der Waals surface area contributed by atoms with Crippen LogP contribution in [0.25, 0.3) is 0 Å². The summed E-state index contributed by atoms with van der Waals surface area (Å²) in [4.78, 5) is 0. The molecule has 1 fully saturated rings. The molecule has 0 radical (unpaired) electrons. The maximum Gasteiger partial charge on any atom is 0.157 e. The van der Waals surface area contributed by atoms with Gasteiger partial charge in [-0.1, -0.05) is 26.7 Å². The van der Waals surface area contributed by atoms with Crippen molar-refractivity contribution in [1.82, 2.24) is 0 Å². The number of hydrogen-bond acceptors (Lipinski definition) is 2. The first kappa shape index (κ1) is 10.0. The highest BCUT2D eigenvalue weighted by molar-refractivity contribution is 4.57. The van der Waals surface area contributed by atoms with Crippen LogP contribution in [0.15, 0.2) is 0 Å². The van der Waals surface area contributed by atoms with Gasteiger partial charge in [-0.25, -0.2) is 0 Å². The molecule has 1 unspecified atom stereocenters. The minimum Gasteiger partial charge on any atom is -0.350 e. The Morgan fingerprint density at radius 3 is 2.50 bits per heavy atom. The Morgan fingerprint density at radius 1 is 1.25 bits per heavy atom. The van der Waals surface area contributed by atoms with Crippen LogP contribution in [0.4, 0.5) is 0 Å². The van der Waals surface area contributed by atoms with Crippen LogP contribution in [0.5, 0.6) is 0 Å². The molecule has 72 valence electrons. The summed E-state index contributed by atoms with van der Waals surface area (Å²) in [6.07, 6.45) is 5.02. The minimum absolute atomic E-state index is 0.101. The molecule has 0 amide bonds. The second kappa shape index (κ2) is 5.55. The van der Waals surface area contributed by atoms with Crippen molar-refractivity contribution < 1.29 is 9.47 Å². The molecule has 12 heavy (non-hydrogen) atoms. The Bertz CT molecular complexity index is 108. The number of ether oxygens (including phenoxy) is 2. The van der Waals surface area contributed by atoms with Gasteiger partial charge >= 0.3 is 0 Å². The fourth-order valence-electron chi connectivity index (χ4n) is 1.63. The largest absolute Gasteiger partial charge is 0.350 e. The fraction of sp³-hybridized carbons (Fsp3) is 1.00. The lowest BCUT2D eigenvalue weighted by Crippen LogP contribution is -2.09. The lowest BCUT2D eigenvalue weighted by molar-refractivity contribution is -0.0499. The van der Waals surface area contributed by atoms with Crippen molar-refractivity contribution >= 4 is 0 Å². The van der Waals surface area contributed by atoms with Gasteiger partial charge in [-0.15, -0.1) is 0 Å². The van der Waals surface area contributed by atoms with Gasteiger partial charge in [0.2, 0.25) is 0 Å². The van der Waals surface area contributed by atoms with Crippen LogP contribution in [-0.4, -0.2) is 19.5 Å². The Labute approximate surface area is 75.2 Å². The van der Waals surface area contributed by atoms with Crippen molar-refractivity contribution in [3.8, 4) is 0 Å². The molecule has 0 aliphatic carbocycles. The van der Waals surface area contributed by atoms with E-state index in [1.807, 2.05) is 0 Å². The van der Waals surface area contributed by atoms with Crippen molar-refractivity contribution in [1.29, 1.82) is 0 Å². The molecule has 1 aliphatic heterocycles. The number of hydrogen-bond donors (Lipinski definition) is 0. The van der Waals surface area contributed by atoms with E-state index >= 15 is 0 Å². The van der Waals surface area contributed by atoms with Gasteiger partial charge in [0.1, 0.15) is 0 Å². The molecule has 1 aliphatic rings. The molecule has 1 atom stereocenters. The van der Waals surface area contributed by atoms with Crippen LogP contribution in [0, 0.1) is 5.92 Å². The van der Waals surface area contributed by atoms with Gasteiger partial charge in [-0.05, 0) is 18.8 Å². The maximum absolute atomic E-state index is 5.36. The topological polar surface area (TPSA) is 18.5 Å². The van der Waals surface area contributed by atoms with E-state index in [4.69, 9.17) is 9.47 Å². The van der Waals surface area contributed by atoms with Crippen LogP contribution < -0.4 is 0 Å². The van der Waals surface area contributed by atoms with E-state index in [-0.39, 0.29) is 6.29 Å². The molecule has 2 heteroatoms. The molecule has 0 bridgehead atoms. The molecule has 0 saturated carbocycles. The normalized spacial score (nSPS) is 21.5. The Balaban J connectivity index is 1.99. The van der Waals surface area contributed by atoms with Crippen molar-refractivity contribution in [3.05, 3.63) is 0 Å². The average molecular weight is 172 g/mol. The Morgan fingerprint density at radius 2 is 1.92 bits per heavy atom. The van der Waals surface area contributed by atoms with Crippen molar-refractivity contribution in [2.75, 3.05) is 13.2 Å². The van der Waals surface area contributed by atoms with Crippen molar-refractivity contribution in [2.45, 2.75) is 45.8 Å². The highest BCUT2D eigenvalue weighted by Gasteiger charge is 2.16. The van der Waals surface area contributed by atoms with Gasteiger partial charge < -0.3 is 9.47 Å². The second-order valence-corrected chi connectivity index (χ2v) is 3.64. The van der Waals surface area contributed by atoms with Gasteiger partial charge in [0.25, 0.3) is 0 Å². The zero-order chi connectivity index (χ0) is 8.81. The maximum atomic E-state index is 5.36. The van der Waals surface area contributed by atoms with Crippen LogP contribution in [-0.2, 0) is 9.47 Å². The van der Waals surface area contributed by atoms with E-state index in [9.17, 15) is 0 Å². The first-order valence-electron chi connectivity index (χ1n) is 5.06. The van der Waals surface area contributed by atoms with Crippen LogP contribution in [0.1, 0.15) is 39.5 Å². The summed E-state index contributed by atoms with van der Waals surface area (Å²) in [6.45, 7) is 6.11. The highest BCUT2D eigenvalue weighted by Crippen LogP contribution is 2.17. The van der Waals surface area contributed by atoms with E-state index in [2.05, 4.69) is 13.8 Å². The molecule has 0 spiro atoms. The average Bonchev–Trinajstić information content (AvgIpc) is 2.53. The first-order chi connectivity index (χ1) is 5.83. The summed E-state index contributed by atoms with van der Waals surface area (Å²) in [6, 6.07) is 0. The van der Waals surface area contributed by atoms with E-state index in [1.54, 1.807) is 0 Å². The smallest absolute Gasteiger partial charge is 0.157 e. The summed E-state index contributed by atoms with van der Waals surface area (Å²) in [5, 5.41) is 0. The van der Waals surface area contributed by atoms with Crippen molar-refractivity contribution in [3.63, 3.8) is 0 Å². The van der Waals surface area contributed by atoms with Crippen molar-refractivity contribution in [2.24, 2.45) is 5.92 Å². The minimum atomic E-state index is 0.101. The van der Waals surface area contributed by atoms with Gasteiger partial charge in [0.05, 0.1) is 13.2 Å². The van der Waals surface area contributed by atoms with Crippen LogP contribution in [0.2, 0.25) is 0 Å². The van der Waals surface area contributed by atoms with Gasteiger partial charge in [-0.2, -0.15) is 0 Å².